The van der Waals surface area contributed by atoms with E-state index in [4.69, 9.17) is 0 Å². The van der Waals surface area contributed by atoms with Crippen LogP contribution < -0.4 is 10.0 Å². The van der Waals surface area contributed by atoms with Gasteiger partial charge in [0.2, 0.25) is 10.0 Å². The largest absolute Gasteiger partial charge is 0.347 e. The van der Waals surface area contributed by atoms with Crippen LogP contribution in [0.4, 0.5) is 0 Å². The van der Waals surface area contributed by atoms with E-state index in [0.717, 1.165) is 29.0 Å². The van der Waals surface area contributed by atoms with Gasteiger partial charge >= 0.3 is 0 Å². The van der Waals surface area contributed by atoms with E-state index in [2.05, 4.69) is 28.8 Å². The van der Waals surface area contributed by atoms with Gasteiger partial charge in [-0.05, 0) is 61.0 Å². The third kappa shape index (κ3) is 5.75. The van der Waals surface area contributed by atoms with Gasteiger partial charge < -0.3 is 5.32 Å². The summed E-state index contributed by atoms with van der Waals surface area (Å²) in [6, 6.07) is 26.7. The standard InChI is InChI=1S/C31H35N3O3S/c1-22-9-7-10-23(2)34(22)21-28(33-31(35)27-18-17-24-11-3-4-13-26(24)19-27)20-32-38(36,37)30-16-8-14-25-12-5-6-15-29(25)30/h3-6,8,11-19,22-23,28,32H,7,9-10,20-21H2,1-2H3,(H,33,35)/t22-,23+,28-/m0/s1. The third-order valence-electron chi connectivity index (χ3n) is 7.71. The van der Waals surface area contributed by atoms with Crippen molar-refractivity contribution in [3.63, 3.8) is 0 Å². The van der Waals surface area contributed by atoms with Crippen LogP contribution in [-0.2, 0) is 10.0 Å². The molecule has 2 N–H and O–H groups in total. The van der Waals surface area contributed by atoms with Crippen LogP contribution in [-0.4, -0.2) is 50.4 Å². The first-order valence-electron chi connectivity index (χ1n) is 13.3. The molecule has 198 valence electrons. The lowest BCUT2D eigenvalue weighted by Gasteiger charge is -2.41. The van der Waals surface area contributed by atoms with Crippen molar-refractivity contribution >= 4 is 37.5 Å². The first-order valence-corrected chi connectivity index (χ1v) is 14.8. The molecule has 4 aromatic carbocycles. The fourth-order valence-electron chi connectivity index (χ4n) is 5.57. The Morgan fingerprint density at radius 3 is 2.29 bits per heavy atom. The Morgan fingerprint density at radius 2 is 1.53 bits per heavy atom. The van der Waals surface area contributed by atoms with Gasteiger partial charge in [-0.3, -0.25) is 9.69 Å². The zero-order chi connectivity index (χ0) is 26.7. The van der Waals surface area contributed by atoms with E-state index in [0.29, 0.717) is 29.6 Å². The molecular formula is C31H35N3O3S. The number of nitrogens with one attached hydrogen (secondary N) is 2. The first-order chi connectivity index (χ1) is 18.3. The summed E-state index contributed by atoms with van der Waals surface area (Å²) in [6.07, 6.45) is 3.37. The molecule has 1 fully saturated rings. The Balaban J connectivity index is 1.38. The van der Waals surface area contributed by atoms with Crippen LogP contribution in [0, 0.1) is 0 Å². The molecular weight excluding hydrogens is 494 g/mol. The molecule has 0 spiro atoms. The average molecular weight is 530 g/mol. The molecule has 3 atom stereocenters. The highest BCUT2D eigenvalue weighted by Gasteiger charge is 2.29. The first kappa shape index (κ1) is 26.4. The van der Waals surface area contributed by atoms with Gasteiger partial charge in [0.25, 0.3) is 5.91 Å². The maximum atomic E-state index is 13.4. The zero-order valence-electron chi connectivity index (χ0n) is 21.9. The minimum absolute atomic E-state index is 0.0980. The van der Waals surface area contributed by atoms with Crippen molar-refractivity contribution in [3.05, 3.63) is 90.5 Å². The van der Waals surface area contributed by atoms with Crippen molar-refractivity contribution in [2.75, 3.05) is 13.1 Å². The highest BCUT2D eigenvalue weighted by atomic mass is 32.2. The van der Waals surface area contributed by atoms with Crippen LogP contribution in [0.15, 0.2) is 89.8 Å². The van der Waals surface area contributed by atoms with Crippen molar-refractivity contribution in [2.24, 2.45) is 0 Å². The van der Waals surface area contributed by atoms with Crippen molar-refractivity contribution in [1.82, 2.24) is 14.9 Å². The molecule has 1 aliphatic heterocycles. The minimum Gasteiger partial charge on any atom is -0.347 e. The molecule has 5 rings (SSSR count). The van der Waals surface area contributed by atoms with Crippen LogP contribution in [0.3, 0.4) is 0 Å². The summed E-state index contributed by atoms with van der Waals surface area (Å²) in [7, 11) is -3.80. The number of piperidine rings is 1. The van der Waals surface area contributed by atoms with Crippen LogP contribution in [0.25, 0.3) is 21.5 Å². The summed E-state index contributed by atoms with van der Waals surface area (Å²) in [5.41, 5.74) is 0.561. The van der Waals surface area contributed by atoms with Gasteiger partial charge in [0.1, 0.15) is 0 Å². The molecule has 38 heavy (non-hydrogen) atoms. The molecule has 1 amide bonds. The second-order valence-electron chi connectivity index (χ2n) is 10.4. The van der Waals surface area contributed by atoms with E-state index >= 15 is 0 Å². The topological polar surface area (TPSA) is 78.5 Å². The van der Waals surface area contributed by atoms with Gasteiger partial charge in [0, 0.05) is 36.1 Å². The Labute approximate surface area is 225 Å². The predicted molar refractivity (Wildman–Crippen MR) is 154 cm³/mol. The lowest BCUT2D eigenvalue weighted by molar-refractivity contribution is 0.0799. The summed E-state index contributed by atoms with van der Waals surface area (Å²) in [4.78, 5) is 16.0. The summed E-state index contributed by atoms with van der Waals surface area (Å²) in [6.45, 7) is 5.08. The van der Waals surface area contributed by atoms with Crippen LogP contribution in [0.2, 0.25) is 0 Å². The highest BCUT2D eigenvalue weighted by Crippen LogP contribution is 2.24. The van der Waals surface area contributed by atoms with Gasteiger partial charge in [0.05, 0.1) is 10.9 Å². The number of sulfonamides is 1. The summed E-state index contributed by atoms with van der Waals surface area (Å²) in [5, 5.41) is 6.75. The van der Waals surface area contributed by atoms with Gasteiger partial charge in [-0.15, -0.1) is 0 Å². The molecule has 1 saturated heterocycles. The fourth-order valence-corrected chi connectivity index (χ4v) is 6.88. The summed E-state index contributed by atoms with van der Waals surface area (Å²) in [5.74, 6) is -0.206. The second kappa shape index (κ2) is 11.2. The summed E-state index contributed by atoms with van der Waals surface area (Å²) < 4.78 is 29.7. The van der Waals surface area contributed by atoms with Gasteiger partial charge in [0.15, 0.2) is 0 Å². The van der Waals surface area contributed by atoms with E-state index in [1.807, 2.05) is 72.8 Å². The number of likely N-dealkylation sites (tertiary alicyclic amines) is 1. The summed E-state index contributed by atoms with van der Waals surface area (Å²) >= 11 is 0. The van der Waals surface area contributed by atoms with Crippen molar-refractivity contribution in [1.29, 1.82) is 0 Å². The molecule has 0 aromatic heterocycles. The highest BCUT2D eigenvalue weighted by molar-refractivity contribution is 7.89. The molecule has 6 nitrogen and oxygen atoms in total. The van der Waals surface area contributed by atoms with Crippen LogP contribution in [0.5, 0.6) is 0 Å². The Bertz CT molecular complexity index is 1540. The molecule has 0 radical (unpaired) electrons. The minimum atomic E-state index is -3.80. The van der Waals surface area contributed by atoms with E-state index in [-0.39, 0.29) is 17.3 Å². The van der Waals surface area contributed by atoms with Crippen LogP contribution in [0.1, 0.15) is 43.5 Å². The number of amides is 1. The third-order valence-corrected chi connectivity index (χ3v) is 9.19. The Hall–Kier alpha value is -3.26. The SMILES string of the molecule is C[C@@H]1CCC[C@H](C)N1C[C@H](CNS(=O)(=O)c1cccc2ccccc12)NC(=O)c1ccc2ccccc2c1. The van der Waals surface area contributed by atoms with Gasteiger partial charge in [-0.1, -0.05) is 73.2 Å². The monoisotopic (exact) mass is 529 g/mol. The second-order valence-corrected chi connectivity index (χ2v) is 12.1. The lowest BCUT2D eigenvalue weighted by atomic mass is 9.96. The molecule has 0 aliphatic carbocycles. The fraction of sp³-hybridized carbons (Fsp3) is 0.323. The maximum Gasteiger partial charge on any atom is 0.251 e. The maximum absolute atomic E-state index is 13.4. The van der Waals surface area contributed by atoms with E-state index in [9.17, 15) is 13.2 Å². The predicted octanol–water partition coefficient (Wildman–Crippen LogP) is 5.33. The van der Waals surface area contributed by atoms with E-state index in [1.165, 1.54) is 6.42 Å². The smallest absolute Gasteiger partial charge is 0.251 e. The van der Waals surface area contributed by atoms with Gasteiger partial charge in [-0.25, -0.2) is 13.1 Å². The normalized spacial score (nSPS) is 19.4. The van der Waals surface area contributed by atoms with Crippen molar-refractivity contribution in [3.8, 4) is 0 Å². The van der Waals surface area contributed by atoms with E-state index < -0.39 is 16.1 Å². The molecule has 1 heterocycles. The Kier molecular flexibility index (Phi) is 7.79. The number of hydrogen-bond donors (Lipinski definition) is 2. The Morgan fingerprint density at radius 1 is 0.868 bits per heavy atom. The van der Waals surface area contributed by atoms with Gasteiger partial charge in [-0.2, -0.15) is 0 Å². The molecule has 4 aromatic rings. The lowest BCUT2D eigenvalue weighted by Crippen LogP contribution is -2.54. The number of nitrogens with zero attached hydrogens (tertiary/aromatic N) is 1. The molecule has 0 unspecified atom stereocenters. The zero-order valence-corrected chi connectivity index (χ0v) is 22.7. The van der Waals surface area contributed by atoms with Crippen molar-refractivity contribution < 1.29 is 13.2 Å². The molecule has 1 aliphatic rings. The quantitative estimate of drug-likeness (QED) is 0.323. The van der Waals surface area contributed by atoms with Crippen LogP contribution >= 0.6 is 0 Å². The number of fused-ring (bicyclic) bond motifs is 2. The molecule has 7 heteroatoms. The van der Waals surface area contributed by atoms with E-state index in [1.54, 1.807) is 12.1 Å². The average Bonchev–Trinajstić information content (AvgIpc) is 2.93. The van der Waals surface area contributed by atoms with Crippen molar-refractivity contribution in [2.45, 2.75) is 56.1 Å². The number of hydrogen-bond acceptors (Lipinski definition) is 4. The molecule has 0 saturated carbocycles. The number of benzene rings is 4. The number of carbonyl (C=O) groups is 1. The number of carbonyl (C=O) groups excluding carboxylic acids is 1. The molecule has 0 bridgehead atoms. The number of rotatable bonds is 8.